The van der Waals surface area contributed by atoms with Gasteiger partial charge in [-0.15, -0.1) is 0 Å². The van der Waals surface area contributed by atoms with Gasteiger partial charge in [-0.05, 0) is 60.5 Å². The molecule has 0 saturated carbocycles. The summed E-state index contributed by atoms with van der Waals surface area (Å²) in [5.74, 6) is 0.498. The van der Waals surface area contributed by atoms with Gasteiger partial charge in [-0.2, -0.15) is 0 Å². The van der Waals surface area contributed by atoms with Crippen molar-refractivity contribution in [1.82, 2.24) is 4.98 Å². The number of H-pyrrole nitrogens is 1. The first kappa shape index (κ1) is 18.5. The molecular formula is C23H31N3. The number of para-hydroxylation sites is 1. The van der Waals surface area contributed by atoms with E-state index in [1.54, 1.807) is 0 Å². The number of aromatic nitrogens is 1. The minimum absolute atomic E-state index is 0.498. The molecule has 0 fully saturated rings. The van der Waals surface area contributed by atoms with Gasteiger partial charge >= 0.3 is 0 Å². The number of hydrogen-bond acceptors (Lipinski definition) is 2. The highest BCUT2D eigenvalue weighted by atomic mass is 15.1. The summed E-state index contributed by atoms with van der Waals surface area (Å²) in [5, 5.41) is 1.36. The number of fused-ring (bicyclic) bond motifs is 1. The summed E-state index contributed by atoms with van der Waals surface area (Å²) in [6, 6.07) is 15.5. The Morgan fingerprint density at radius 2 is 1.73 bits per heavy atom. The summed E-state index contributed by atoms with van der Waals surface area (Å²) in [6.45, 7) is 5.27. The average molecular weight is 350 g/mol. The molecule has 0 unspecified atom stereocenters. The summed E-state index contributed by atoms with van der Waals surface area (Å²) in [4.78, 5) is 5.89. The summed E-state index contributed by atoms with van der Waals surface area (Å²) in [6.07, 6.45) is 3.25. The molecule has 1 aromatic heterocycles. The van der Waals surface area contributed by atoms with Gasteiger partial charge in [0.1, 0.15) is 0 Å². The van der Waals surface area contributed by atoms with Crippen molar-refractivity contribution in [3.05, 3.63) is 53.6 Å². The first-order chi connectivity index (χ1) is 12.5. The van der Waals surface area contributed by atoms with Crippen molar-refractivity contribution in [3.8, 4) is 11.3 Å². The van der Waals surface area contributed by atoms with E-state index in [0.29, 0.717) is 5.92 Å². The van der Waals surface area contributed by atoms with E-state index in [1.165, 1.54) is 39.0 Å². The highest BCUT2D eigenvalue weighted by Crippen LogP contribution is 2.35. The Labute approximate surface area is 157 Å². The van der Waals surface area contributed by atoms with Crippen molar-refractivity contribution >= 4 is 16.6 Å². The number of aryl methyl sites for hydroxylation is 1. The Hall–Kier alpha value is -2.26. The minimum Gasteiger partial charge on any atom is -0.378 e. The van der Waals surface area contributed by atoms with Crippen LogP contribution in [0.25, 0.3) is 22.2 Å². The maximum absolute atomic E-state index is 5.73. The van der Waals surface area contributed by atoms with Crippen molar-refractivity contribution in [1.29, 1.82) is 0 Å². The monoisotopic (exact) mass is 349 g/mol. The Morgan fingerprint density at radius 3 is 2.35 bits per heavy atom. The lowest BCUT2D eigenvalue weighted by molar-refractivity contribution is 0.748. The highest BCUT2D eigenvalue weighted by Gasteiger charge is 2.16. The van der Waals surface area contributed by atoms with E-state index in [4.69, 9.17) is 5.73 Å². The maximum atomic E-state index is 5.73. The summed E-state index contributed by atoms with van der Waals surface area (Å²) in [5.41, 5.74) is 13.6. The zero-order chi connectivity index (χ0) is 18.7. The van der Waals surface area contributed by atoms with Gasteiger partial charge in [-0.3, -0.25) is 0 Å². The van der Waals surface area contributed by atoms with Crippen molar-refractivity contribution in [2.45, 2.75) is 39.0 Å². The number of unbranched alkanes of at least 4 members (excludes halogenated alkanes) is 1. The number of hydrogen-bond donors (Lipinski definition) is 2. The lowest BCUT2D eigenvalue weighted by atomic mass is 9.96. The average Bonchev–Trinajstić information content (AvgIpc) is 3.00. The van der Waals surface area contributed by atoms with Gasteiger partial charge in [0.25, 0.3) is 0 Å². The molecule has 26 heavy (non-hydrogen) atoms. The van der Waals surface area contributed by atoms with Crippen molar-refractivity contribution < 1.29 is 0 Å². The molecular weight excluding hydrogens is 318 g/mol. The smallest absolute Gasteiger partial charge is 0.0497 e. The SMILES string of the molecule is CC(C)c1cccc2c(CCCCN)c(-c3ccc(N(C)C)cc3)[nH]c12. The number of nitrogens with two attached hydrogens (primary N) is 1. The van der Waals surface area contributed by atoms with E-state index in [-0.39, 0.29) is 0 Å². The molecule has 0 spiro atoms. The molecule has 0 radical (unpaired) electrons. The molecule has 3 heteroatoms. The summed E-state index contributed by atoms with van der Waals surface area (Å²) >= 11 is 0. The van der Waals surface area contributed by atoms with Gasteiger partial charge < -0.3 is 15.6 Å². The van der Waals surface area contributed by atoms with E-state index in [9.17, 15) is 0 Å². The molecule has 0 aliphatic heterocycles. The first-order valence-electron chi connectivity index (χ1n) is 9.64. The van der Waals surface area contributed by atoms with Gasteiger partial charge in [-0.25, -0.2) is 0 Å². The molecule has 3 N–H and O–H groups in total. The van der Waals surface area contributed by atoms with Crippen LogP contribution in [0.1, 0.15) is 43.7 Å². The Bertz CT molecular complexity index is 857. The molecule has 3 nitrogen and oxygen atoms in total. The van der Waals surface area contributed by atoms with Crippen molar-refractivity contribution in [2.24, 2.45) is 5.73 Å². The molecule has 3 aromatic rings. The van der Waals surface area contributed by atoms with Crippen LogP contribution in [-0.4, -0.2) is 25.6 Å². The topological polar surface area (TPSA) is 45.0 Å². The third-order valence-corrected chi connectivity index (χ3v) is 5.15. The summed E-state index contributed by atoms with van der Waals surface area (Å²) in [7, 11) is 4.15. The maximum Gasteiger partial charge on any atom is 0.0497 e. The Balaban J connectivity index is 2.12. The molecule has 0 amide bonds. The van der Waals surface area contributed by atoms with E-state index in [2.05, 4.69) is 80.3 Å². The number of nitrogens with zero attached hydrogens (tertiary/aromatic N) is 1. The third kappa shape index (κ3) is 3.63. The fourth-order valence-corrected chi connectivity index (χ4v) is 3.66. The second-order valence-electron chi connectivity index (χ2n) is 7.59. The molecule has 0 bridgehead atoms. The van der Waals surface area contributed by atoms with Gasteiger partial charge in [0.05, 0.1) is 0 Å². The number of anilines is 1. The minimum atomic E-state index is 0.498. The lowest BCUT2D eigenvalue weighted by Gasteiger charge is -2.13. The molecule has 0 aliphatic rings. The van der Waals surface area contributed by atoms with E-state index in [1.807, 2.05) is 0 Å². The van der Waals surface area contributed by atoms with Gasteiger partial charge in [0.2, 0.25) is 0 Å². The highest BCUT2D eigenvalue weighted by molar-refractivity contribution is 5.93. The summed E-state index contributed by atoms with van der Waals surface area (Å²) < 4.78 is 0. The van der Waals surface area contributed by atoms with Crippen LogP contribution in [0.2, 0.25) is 0 Å². The number of nitrogens with one attached hydrogen (secondary N) is 1. The van der Waals surface area contributed by atoms with Crippen LogP contribution < -0.4 is 10.6 Å². The molecule has 1 heterocycles. The van der Waals surface area contributed by atoms with Crippen LogP contribution in [0, 0.1) is 0 Å². The van der Waals surface area contributed by atoms with E-state index in [0.717, 1.165) is 25.8 Å². The molecule has 0 atom stereocenters. The molecule has 138 valence electrons. The van der Waals surface area contributed by atoms with Gasteiger partial charge in [-0.1, -0.05) is 44.2 Å². The molecule has 0 saturated heterocycles. The second-order valence-corrected chi connectivity index (χ2v) is 7.59. The number of benzene rings is 2. The fourth-order valence-electron chi connectivity index (χ4n) is 3.66. The fraction of sp³-hybridized carbons (Fsp3) is 0.391. The van der Waals surface area contributed by atoms with Crippen LogP contribution in [0.15, 0.2) is 42.5 Å². The molecule has 2 aromatic carbocycles. The predicted octanol–water partition coefficient (Wildman–Crippen LogP) is 5.31. The van der Waals surface area contributed by atoms with Crippen LogP contribution >= 0.6 is 0 Å². The largest absolute Gasteiger partial charge is 0.378 e. The van der Waals surface area contributed by atoms with Gasteiger partial charge in [0, 0.05) is 36.4 Å². The lowest BCUT2D eigenvalue weighted by Crippen LogP contribution is -2.07. The van der Waals surface area contributed by atoms with Crippen LogP contribution in [0.5, 0.6) is 0 Å². The van der Waals surface area contributed by atoms with Gasteiger partial charge in [0.15, 0.2) is 0 Å². The number of rotatable bonds is 7. The first-order valence-corrected chi connectivity index (χ1v) is 9.64. The predicted molar refractivity (Wildman–Crippen MR) is 114 cm³/mol. The molecule has 3 rings (SSSR count). The Morgan fingerprint density at radius 1 is 1.00 bits per heavy atom. The van der Waals surface area contributed by atoms with Crippen LogP contribution in [0.3, 0.4) is 0 Å². The van der Waals surface area contributed by atoms with Crippen LogP contribution in [-0.2, 0) is 6.42 Å². The normalized spacial score (nSPS) is 11.5. The van der Waals surface area contributed by atoms with E-state index >= 15 is 0 Å². The van der Waals surface area contributed by atoms with E-state index < -0.39 is 0 Å². The standard InChI is InChI=1S/C23H31N3/c1-16(2)19-9-7-10-21-20(8-5-6-15-24)22(25-23(19)21)17-11-13-18(14-12-17)26(3)4/h7,9-14,16,25H,5-6,8,15,24H2,1-4H3. The van der Waals surface area contributed by atoms with Crippen molar-refractivity contribution in [3.63, 3.8) is 0 Å². The number of aromatic amines is 1. The third-order valence-electron chi connectivity index (χ3n) is 5.15. The molecule has 0 aliphatic carbocycles. The Kier molecular flexibility index (Phi) is 5.67. The van der Waals surface area contributed by atoms with Crippen LogP contribution in [0.4, 0.5) is 5.69 Å². The zero-order valence-electron chi connectivity index (χ0n) is 16.5. The van der Waals surface area contributed by atoms with Crippen molar-refractivity contribution in [2.75, 3.05) is 25.5 Å². The second kappa shape index (κ2) is 7.96. The quantitative estimate of drug-likeness (QED) is 0.568. The zero-order valence-corrected chi connectivity index (χ0v) is 16.5.